The van der Waals surface area contributed by atoms with Gasteiger partial charge in [0.2, 0.25) is 5.91 Å². The lowest BCUT2D eigenvalue weighted by molar-refractivity contribution is -0.190. The molecule has 0 radical (unpaired) electrons. The van der Waals surface area contributed by atoms with Crippen LogP contribution in [0.5, 0.6) is 0 Å². The van der Waals surface area contributed by atoms with E-state index in [1.807, 2.05) is 6.07 Å². The number of esters is 1. The Kier molecular flexibility index (Phi) is 13.1. The van der Waals surface area contributed by atoms with E-state index in [0.717, 1.165) is 56.9 Å². The monoisotopic (exact) mass is 559 g/mol. The highest BCUT2D eigenvalue weighted by molar-refractivity contribution is 5.94. The maximum Gasteiger partial charge on any atom is 0.338 e. The van der Waals surface area contributed by atoms with Crippen LogP contribution in [-0.4, -0.2) is 72.6 Å². The smallest absolute Gasteiger partial charge is 0.338 e. The van der Waals surface area contributed by atoms with Gasteiger partial charge in [-0.05, 0) is 42.7 Å². The van der Waals surface area contributed by atoms with Crippen LogP contribution in [-0.2, 0) is 23.7 Å². The summed E-state index contributed by atoms with van der Waals surface area (Å²) in [6.07, 6.45) is 11.1. The molecule has 0 aromatic heterocycles. The van der Waals surface area contributed by atoms with Gasteiger partial charge < -0.3 is 34.5 Å². The average molecular weight is 560 g/mol. The fraction of sp³-hybridized carbons (Fsp3) is 0.613. The van der Waals surface area contributed by atoms with Gasteiger partial charge in [0.1, 0.15) is 24.9 Å². The summed E-state index contributed by atoms with van der Waals surface area (Å²) in [4.78, 5) is 26.2. The molecular weight excluding hydrogens is 514 g/mol. The minimum absolute atomic E-state index is 0.0843. The van der Waals surface area contributed by atoms with E-state index in [2.05, 4.69) is 19.2 Å². The Labute approximate surface area is 237 Å². The Hall–Kier alpha value is -2.72. The summed E-state index contributed by atoms with van der Waals surface area (Å²) < 4.78 is 24.4. The molecule has 0 spiro atoms. The van der Waals surface area contributed by atoms with Gasteiger partial charge in [-0.25, -0.2) is 4.79 Å². The summed E-state index contributed by atoms with van der Waals surface area (Å²) in [5, 5.41) is 20.7. The van der Waals surface area contributed by atoms with Crippen molar-refractivity contribution in [1.29, 1.82) is 0 Å². The summed E-state index contributed by atoms with van der Waals surface area (Å²) in [6, 6.07) is 6.94. The predicted octanol–water partition coefficient (Wildman–Crippen LogP) is 4.27. The average Bonchev–Trinajstić information content (AvgIpc) is 3.33. The van der Waals surface area contributed by atoms with E-state index < -0.39 is 30.1 Å². The first-order chi connectivity index (χ1) is 19.4. The van der Waals surface area contributed by atoms with Crippen molar-refractivity contribution in [3.05, 3.63) is 53.3 Å². The number of fused-ring (bicyclic) bond motifs is 1. The molecule has 1 aromatic carbocycles. The van der Waals surface area contributed by atoms with Crippen molar-refractivity contribution in [2.24, 2.45) is 0 Å². The number of hydrogen-bond donors (Lipinski definition) is 3. The van der Waals surface area contributed by atoms with E-state index in [1.54, 1.807) is 30.4 Å². The minimum Gasteiger partial charge on any atom is -0.499 e. The topological polar surface area (TPSA) is 124 Å². The zero-order valence-electron chi connectivity index (χ0n) is 23.8. The standard InChI is InChI=1S/C31H45NO8/c1-3-5-7-13-31(14-8-6-4-2)39-27-22-25(29(35)32-15-16-33)21-26(28(27)40-31)38-30(36)24-11-9-10-23(20-24)12-18-37-19-17-34/h9-12,18,20,22,26-28,33-34H,3-8,13-17,19,21H2,1-2H3,(H,32,35)/t26-,27-,28+/m1/s1. The molecular formula is C31H45NO8. The zero-order valence-corrected chi connectivity index (χ0v) is 23.8. The molecule has 40 heavy (non-hydrogen) atoms. The molecule has 1 aromatic rings. The largest absolute Gasteiger partial charge is 0.499 e. The molecule has 1 amide bonds. The van der Waals surface area contributed by atoms with Crippen molar-refractivity contribution in [2.75, 3.05) is 26.4 Å². The molecule has 1 heterocycles. The van der Waals surface area contributed by atoms with Gasteiger partial charge in [-0.2, -0.15) is 0 Å². The summed E-state index contributed by atoms with van der Waals surface area (Å²) in [5.41, 5.74) is 1.55. The Morgan fingerprint density at radius 2 is 1.82 bits per heavy atom. The third-order valence-corrected chi connectivity index (χ3v) is 7.14. The second-order valence-electron chi connectivity index (χ2n) is 10.3. The number of aliphatic hydroxyl groups is 2. The van der Waals surface area contributed by atoms with E-state index in [0.29, 0.717) is 11.1 Å². The van der Waals surface area contributed by atoms with Gasteiger partial charge in [0, 0.05) is 31.4 Å². The number of hydrogen-bond acceptors (Lipinski definition) is 8. The summed E-state index contributed by atoms with van der Waals surface area (Å²) in [5.74, 6) is -1.62. The van der Waals surface area contributed by atoms with Crippen molar-refractivity contribution in [2.45, 2.75) is 95.7 Å². The van der Waals surface area contributed by atoms with E-state index >= 15 is 0 Å². The maximum absolute atomic E-state index is 13.3. The van der Waals surface area contributed by atoms with Gasteiger partial charge in [-0.1, -0.05) is 51.7 Å². The fourth-order valence-corrected chi connectivity index (χ4v) is 5.11. The molecule has 1 saturated heterocycles. The van der Waals surface area contributed by atoms with Crippen LogP contribution in [0.15, 0.2) is 42.2 Å². The number of benzene rings is 1. The van der Waals surface area contributed by atoms with Crippen LogP contribution in [0.4, 0.5) is 0 Å². The highest BCUT2D eigenvalue weighted by Crippen LogP contribution is 2.43. The third kappa shape index (κ3) is 9.16. The number of carbonyl (C=O) groups is 2. The first-order valence-electron chi connectivity index (χ1n) is 14.6. The Morgan fingerprint density at radius 3 is 2.50 bits per heavy atom. The maximum atomic E-state index is 13.3. The number of amides is 1. The van der Waals surface area contributed by atoms with E-state index in [1.165, 1.54) is 6.26 Å². The number of rotatable bonds is 17. The molecule has 2 aliphatic rings. The molecule has 3 atom stereocenters. The number of carbonyl (C=O) groups excluding carboxylic acids is 2. The zero-order chi connectivity index (χ0) is 28.8. The molecule has 222 valence electrons. The SMILES string of the molecule is CCCCCC1(CCCCC)O[C@@H]2[C@@H](C=C(C(=O)NCCO)C[C@H]2OC(=O)c2cccc(C=COCCO)c2)O1. The van der Waals surface area contributed by atoms with Crippen LogP contribution in [0.25, 0.3) is 6.08 Å². The molecule has 1 fully saturated rings. The molecule has 0 saturated carbocycles. The van der Waals surface area contributed by atoms with Gasteiger partial charge in [0.25, 0.3) is 0 Å². The Morgan fingerprint density at radius 1 is 1.07 bits per heavy atom. The molecule has 9 nitrogen and oxygen atoms in total. The normalized spacial score (nSPS) is 21.6. The summed E-state index contributed by atoms with van der Waals surface area (Å²) in [6.45, 7) is 4.37. The van der Waals surface area contributed by atoms with Crippen molar-refractivity contribution in [3.63, 3.8) is 0 Å². The molecule has 0 bridgehead atoms. The van der Waals surface area contributed by atoms with Gasteiger partial charge in [0.05, 0.1) is 25.0 Å². The van der Waals surface area contributed by atoms with Crippen molar-refractivity contribution >= 4 is 18.0 Å². The van der Waals surface area contributed by atoms with Crippen LogP contribution in [0.1, 0.15) is 87.6 Å². The van der Waals surface area contributed by atoms with Crippen molar-refractivity contribution in [1.82, 2.24) is 5.32 Å². The quantitative estimate of drug-likeness (QED) is 0.147. The molecule has 9 heteroatoms. The second-order valence-corrected chi connectivity index (χ2v) is 10.3. The van der Waals surface area contributed by atoms with E-state index in [9.17, 15) is 9.59 Å². The lowest BCUT2D eigenvalue weighted by atomic mass is 9.91. The fourth-order valence-electron chi connectivity index (χ4n) is 5.11. The lowest BCUT2D eigenvalue weighted by Crippen LogP contribution is -2.43. The summed E-state index contributed by atoms with van der Waals surface area (Å²) in [7, 11) is 0. The van der Waals surface area contributed by atoms with Gasteiger partial charge in [-0.3, -0.25) is 4.79 Å². The van der Waals surface area contributed by atoms with E-state index in [-0.39, 0.29) is 38.7 Å². The predicted molar refractivity (Wildman–Crippen MR) is 151 cm³/mol. The van der Waals surface area contributed by atoms with Crippen LogP contribution < -0.4 is 5.32 Å². The molecule has 0 unspecified atom stereocenters. The molecule has 1 aliphatic heterocycles. The van der Waals surface area contributed by atoms with Gasteiger partial charge in [-0.15, -0.1) is 0 Å². The molecule has 3 N–H and O–H groups in total. The first kappa shape index (κ1) is 31.8. The Bertz CT molecular complexity index is 997. The van der Waals surface area contributed by atoms with Gasteiger partial charge in [0.15, 0.2) is 5.79 Å². The minimum atomic E-state index is -0.781. The number of nitrogens with one attached hydrogen (secondary N) is 1. The number of unbranched alkanes of at least 4 members (excludes halogenated alkanes) is 4. The van der Waals surface area contributed by atoms with E-state index in [4.69, 9.17) is 29.2 Å². The Balaban J connectivity index is 1.82. The number of aliphatic hydroxyl groups excluding tert-OH is 2. The summed E-state index contributed by atoms with van der Waals surface area (Å²) >= 11 is 0. The third-order valence-electron chi connectivity index (χ3n) is 7.14. The number of ether oxygens (including phenoxy) is 4. The van der Waals surface area contributed by atoms with Crippen molar-refractivity contribution in [3.8, 4) is 0 Å². The highest BCUT2D eigenvalue weighted by Gasteiger charge is 2.52. The van der Waals surface area contributed by atoms with Crippen LogP contribution in [0.3, 0.4) is 0 Å². The van der Waals surface area contributed by atoms with Crippen molar-refractivity contribution < 1.29 is 38.7 Å². The van der Waals surface area contributed by atoms with Gasteiger partial charge >= 0.3 is 5.97 Å². The second kappa shape index (κ2) is 16.5. The molecule has 3 rings (SSSR count). The van der Waals surface area contributed by atoms with Crippen LogP contribution >= 0.6 is 0 Å². The molecule has 1 aliphatic carbocycles. The van der Waals surface area contributed by atoms with Crippen LogP contribution in [0, 0.1) is 0 Å². The van der Waals surface area contributed by atoms with Crippen LogP contribution in [0.2, 0.25) is 0 Å². The first-order valence-corrected chi connectivity index (χ1v) is 14.6. The highest BCUT2D eigenvalue weighted by atomic mass is 16.8. The lowest BCUT2D eigenvalue weighted by Gasteiger charge is -2.31.